The quantitative estimate of drug-likeness (QED) is 0.820. The molecular formula is C18H21ClFN. The van der Waals surface area contributed by atoms with Gasteiger partial charge in [-0.15, -0.1) is 0 Å². The summed E-state index contributed by atoms with van der Waals surface area (Å²) in [6.45, 7) is 7.02. The lowest BCUT2D eigenvalue weighted by Crippen LogP contribution is -2.24. The van der Waals surface area contributed by atoms with Crippen LogP contribution >= 0.6 is 11.6 Å². The predicted molar refractivity (Wildman–Crippen MR) is 87.4 cm³/mol. The van der Waals surface area contributed by atoms with Gasteiger partial charge in [-0.2, -0.15) is 0 Å². The predicted octanol–water partition coefficient (Wildman–Crippen LogP) is 4.99. The molecule has 1 N–H and O–H groups in total. The zero-order chi connectivity index (χ0) is 15.4. The van der Waals surface area contributed by atoms with E-state index in [0.29, 0.717) is 0 Å². The SMILES string of the molecule is CCNC(Cc1cccc(F)c1)c1cc(C)c(Cl)cc1C. The molecular weight excluding hydrogens is 285 g/mol. The molecule has 0 aromatic heterocycles. The second kappa shape index (κ2) is 7.06. The highest BCUT2D eigenvalue weighted by Crippen LogP contribution is 2.27. The van der Waals surface area contributed by atoms with Gasteiger partial charge in [0, 0.05) is 11.1 Å². The van der Waals surface area contributed by atoms with Crippen molar-refractivity contribution < 1.29 is 4.39 Å². The van der Waals surface area contributed by atoms with Gasteiger partial charge < -0.3 is 5.32 Å². The minimum Gasteiger partial charge on any atom is -0.310 e. The molecule has 0 amide bonds. The van der Waals surface area contributed by atoms with Crippen LogP contribution in [0.3, 0.4) is 0 Å². The first-order valence-corrected chi connectivity index (χ1v) is 7.63. The lowest BCUT2D eigenvalue weighted by atomic mass is 9.94. The van der Waals surface area contributed by atoms with E-state index in [9.17, 15) is 4.39 Å². The molecule has 0 saturated heterocycles. The third-order valence-electron chi connectivity index (χ3n) is 3.70. The maximum absolute atomic E-state index is 13.4. The number of rotatable bonds is 5. The fraction of sp³-hybridized carbons (Fsp3) is 0.333. The molecule has 112 valence electrons. The first-order valence-electron chi connectivity index (χ1n) is 7.25. The van der Waals surface area contributed by atoms with E-state index in [0.717, 1.165) is 34.7 Å². The van der Waals surface area contributed by atoms with Crippen molar-refractivity contribution in [3.63, 3.8) is 0 Å². The minimum atomic E-state index is -0.188. The number of benzene rings is 2. The number of hydrogen-bond donors (Lipinski definition) is 1. The van der Waals surface area contributed by atoms with Gasteiger partial charge >= 0.3 is 0 Å². The topological polar surface area (TPSA) is 12.0 Å². The Bertz CT molecular complexity index is 625. The zero-order valence-electron chi connectivity index (χ0n) is 12.7. The molecule has 0 aliphatic rings. The van der Waals surface area contributed by atoms with Crippen LogP contribution in [0.4, 0.5) is 4.39 Å². The van der Waals surface area contributed by atoms with E-state index in [4.69, 9.17) is 11.6 Å². The van der Waals surface area contributed by atoms with Crippen molar-refractivity contribution in [3.05, 3.63) is 69.5 Å². The highest BCUT2D eigenvalue weighted by atomic mass is 35.5. The van der Waals surface area contributed by atoms with Crippen molar-refractivity contribution in [2.24, 2.45) is 0 Å². The lowest BCUT2D eigenvalue weighted by Gasteiger charge is -2.21. The number of aryl methyl sites for hydroxylation is 2. The molecule has 0 bridgehead atoms. The van der Waals surface area contributed by atoms with E-state index in [2.05, 4.69) is 25.2 Å². The molecule has 0 aliphatic heterocycles. The van der Waals surface area contributed by atoms with Gasteiger partial charge in [-0.05, 0) is 67.3 Å². The summed E-state index contributed by atoms with van der Waals surface area (Å²) in [4.78, 5) is 0. The van der Waals surface area contributed by atoms with E-state index >= 15 is 0 Å². The molecule has 0 spiro atoms. The Morgan fingerprint density at radius 3 is 2.57 bits per heavy atom. The van der Waals surface area contributed by atoms with Crippen LogP contribution in [0.25, 0.3) is 0 Å². The van der Waals surface area contributed by atoms with Crippen molar-refractivity contribution >= 4 is 11.6 Å². The van der Waals surface area contributed by atoms with Gasteiger partial charge in [0.2, 0.25) is 0 Å². The van der Waals surface area contributed by atoms with Crippen LogP contribution in [-0.2, 0) is 6.42 Å². The van der Waals surface area contributed by atoms with E-state index < -0.39 is 0 Å². The first-order chi connectivity index (χ1) is 10.0. The summed E-state index contributed by atoms with van der Waals surface area (Å²) in [5, 5.41) is 4.28. The molecule has 0 fully saturated rings. The molecule has 0 aliphatic carbocycles. The van der Waals surface area contributed by atoms with E-state index in [-0.39, 0.29) is 11.9 Å². The molecule has 2 aromatic carbocycles. The molecule has 1 atom stereocenters. The Labute approximate surface area is 131 Å². The smallest absolute Gasteiger partial charge is 0.123 e. The summed E-state index contributed by atoms with van der Waals surface area (Å²) in [5.41, 5.74) is 4.45. The van der Waals surface area contributed by atoms with Gasteiger partial charge in [-0.3, -0.25) is 0 Å². The minimum absolute atomic E-state index is 0.160. The van der Waals surface area contributed by atoms with Gasteiger partial charge in [0.05, 0.1) is 0 Å². The number of hydrogen-bond acceptors (Lipinski definition) is 1. The van der Waals surface area contributed by atoms with E-state index in [1.54, 1.807) is 12.1 Å². The maximum atomic E-state index is 13.4. The highest BCUT2D eigenvalue weighted by molar-refractivity contribution is 6.31. The summed E-state index contributed by atoms with van der Waals surface area (Å²) >= 11 is 6.18. The molecule has 0 saturated carbocycles. The summed E-state index contributed by atoms with van der Waals surface area (Å²) in [5.74, 6) is -0.188. The molecule has 3 heteroatoms. The van der Waals surface area contributed by atoms with Crippen molar-refractivity contribution in [1.29, 1.82) is 0 Å². The largest absolute Gasteiger partial charge is 0.310 e. The van der Waals surface area contributed by atoms with Gasteiger partial charge in [0.25, 0.3) is 0 Å². The molecule has 21 heavy (non-hydrogen) atoms. The Balaban J connectivity index is 2.33. The van der Waals surface area contributed by atoms with Crippen LogP contribution in [0.15, 0.2) is 36.4 Å². The monoisotopic (exact) mass is 305 g/mol. The fourth-order valence-corrected chi connectivity index (χ4v) is 2.84. The Kier molecular flexibility index (Phi) is 5.38. The van der Waals surface area contributed by atoms with Crippen LogP contribution in [0.5, 0.6) is 0 Å². The normalized spacial score (nSPS) is 12.4. The number of halogens is 2. The van der Waals surface area contributed by atoms with Gasteiger partial charge in [0.1, 0.15) is 5.82 Å². The second-order valence-electron chi connectivity index (χ2n) is 5.40. The fourth-order valence-electron chi connectivity index (χ4n) is 2.62. The third kappa shape index (κ3) is 4.05. The summed E-state index contributed by atoms with van der Waals surface area (Å²) in [6, 6.07) is 11.1. The number of likely N-dealkylation sites (N-methyl/N-ethyl adjacent to an activating group) is 1. The average molecular weight is 306 g/mol. The highest BCUT2D eigenvalue weighted by Gasteiger charge is 2.15. The van der Waals surface area contributed by atoms with Crippen LogP contribution in [-0.4, -0.2) is 6.54 Å². The average Bonchev–Trinajstić information content (AvgIpc) is 2.42. The molecule has 1 nitrogen and oxygen atoms in total. The zero-order valence-corrected chi connectivity index (χ0v) is 13.5. The van der Waals surface area contributed by atoms with Gasteiger partial charge in [-0.25, -0.2) is 4.39 Å². The van der Waals surface area contributed by atoms with Gasteiger partial charge in [0.15, 0.2) is 0 Å². The third-order valence-corrected chi connectivity index (χ3v) is 4.11. The van der Waals surface area contributed by atoms with E-state index in [1.807, 2.05) is 19.1 Å². The summed E-state index contributed by atoms with van der Waals surface area (Å²) in [6.07, 6.45) is 0.757. The molecule has 2 aromatic rings. The van der Waals surface area contributed by atoms with Crippen molar-refractivity contribution in [2.45, 2.75) is 33.2 Å². The lowest BCUT2D eigenvalue weighted by molar-refractivity contribution is 0.544. The van der Waals surface area contributed by atoms with Crippen molar-refractivity contribution in [3.8, 4) is 0 Å². The maximum Gasteiger partial charge on any atom is 0.123 e. The first kappa shape index (κ1) is 16.0. The Hall–Kier alpha value is -1.38. The summed E-state index contributed by atoms with van der Waals surface area (Å²) in [7, 11) is 0. The summed E-state index contributed by atoms with van der Waals surface area (Å²) < 4.78 is 13.4. The van der Waals surface area contributed by atoms with Crippen LogP contribution in [0.1, 0.15) is 35.2 Å². The van der Waals surface area contributed by atoms with Crippen LogP contribution in [0.2, 0.25) is 5.02 Å². The van der Waals surface area contributed by atoms with Crippen molar-refractivity contribution in [1.82, 2.24) is 5.32 Å². The number of nitrogens with one attached hydrogen (secondary N) is 1. The van der Waals surface area contributed by atoms with Crippen molar-refractivity contribution in [2.75, 3.05) is 6.54 Å². The molecule has 0 radical (unpaired) electrons. The van der Waals surface area contributed by atoms with Gasteiger partial charge in [-0.1, -0.05) is 36.7 Å². The van der Waals surface area contributed by atoms with E-state index in [1.165, 1.54) is 11.6 Å². The standard InChI is InChI=1S/C18H21ClFN/c1-4-21-18(11-14-6-5-7-15(20)10-14)16-8-13(3)17(19)9-12(16)2/h5-10,18,21H,4,11H2,1-3H3. The van der Waals surface area contributed by atoms with Crippen LogP contribution < -0.4 is 5.32 Å². The molecule has 1 unspecified atom stereocenters. The van der Waals surface area contributed by atoms with Crippen LogP contribution in [0, 0.1) is 19.7 Å². The Morgan fingerprint density at radius 2 is 1.90 bits per heavy atom. The molecule has 0 heterocycles. The Morgan fingerprint density at radius 1 is 1.14 bits per heavy atom. The second-order valence-corrected chi connectivity index (χ2v) is 5.81. The molecule has 2 rings (SSSR count).